The molecular weight excluding hydrogens is 300 g/mol. The lowest BCUT2D eigenvalue weighted by Gasteiger charge is -2.41. The lowest BCUT2D eigenvalue weighted by atomic mass is 9.90. The molecule has 0 bridgehead atoms. The predicted molar refractivity (Wildman–Crippen MR) is 91.5 cm³/mol. The largest absolute Gasteiger partial charge is 0.378 e. The molecule has 2 aliphatic rings. The number of fused-ring (bicyclic) bond motifs is 3. The molecule has 1 N–H and O–H groups in total. The van der Waals surface area contributed by atoms with Crippen LogP contribution >= 0.6 is 0 Å². The first-order valence-electron chi connectivity index (χ1n) is 8.18. The van der Waals surface area contributed by atoms with E-state index >= 15 is 0 Å². The molecule has 0 aliphatic carbocycles. The molecule has 2 heterocycles. The van der Waals surface area contributed by atoms with E-state index in [0.717, 1.165) is 6.42 Å². The molecule has 1 amide bonds. The number of hydrogen-bond acceptors (Lipinski definition) is 3. The molecule has 2 aromatic rings. The number of rotatable bonds is 2. The zero-order valence-electron chi connectivity index (χ0n) is 13.2. The van der Waals surface area contributed by atoms with Crippen molar-refractivity contribution in [2.75, 3.05) is 13.1 Å². The highest BCUT2D eigenvalue weighted by Crippen LogP contribution is 2.32. The lowest BCUT2D eigenvalue weighted by Crippen LogP contribution is -2.51. The van der Waals surface area contributed by atoms with Gasteiger partial charge < -0.3 is 10.2 Å². The van der Waals surface area contributed by atoms with E-state index < -0.39 is 0 Å². The van der Waals surface area contributed by atoms with E-state index in [-0.39, 0.29) is 17.7 Å². The fourth-order valence-electron chi connectivity index (χ4n) is 3.48. The number of hydrogen-bond donors (Lipinski definition) is 1. The van der Waals surface area contributed by atoms with Crippen molar-refractivity contribution in [1.82, 2.24) is 10.2 Å². The summed E-state index contributed by atoms with van der Waals surface area (Å²) in [5, 5.41) is 3.16. The average Bonchev–Trinajstić information content (AvgIpc) is 2.64. The Morgan fingerprint density at radius 3 is 2.67 bits per heavy atom. The Balaban J connectivity index is 1.60. The van der Waals surface area contributed by atoms with Crippen molar-refractivity contribution in [3.05, 3.63) is 83.1 Å². The number of carbonyl (C=O) groups is 2. The SMILES string of the molecule is O=C(/C=C1/NC[C@@H]2c3ccccc3CCN2C1=O)c1ccccc1. The van der Waals surface area contributed by atoms with Gasteiger partial charge in [0.2, 0.25) is 0 Å². The van der Waals surface area contributed by atoms with Crippen LogP contribution in [0.1, 0.15) is 27.5 Å². The standard InChI is InChI=1S/C20H18N2O2/c23-19(15-7-2-1-3-8-15)12-17-20(24)22-11-10-14-6-4-5-9-16(14)18(22)13-21-17/h1-9,12,18,21H,10-11,13H2/b17-12+/t18-/m1/s1. The highest BCUT2D eigenvalue weighted by molar-refractivity contribution is 6.09. The highest BCUT2D eigenvalue weighted by Gasteiger charge is 2.36. The monoisotopic (exact) mass is 318 g/mol. The van der Waals surface area contributed by atoms with Crippen LogP contribution in [0.4, 0.5) is 0 Å². The third kappa shape index (κ3) is 2.50. The van der Waals surface area contributed by atoms with Crippen molar-refractivity contribution in [2.45, 2.75) is 12.5 Å². The van der Waals surface area contributed by atoms with Crippen LogP contribution in [0.3, 0.4) is 0 Å². The van der Waals surface area contributed by atoms with Gasteiger partial charge in [-0.15, -0.1) is 0 Å². The molecule has 120 valence electrons. The summed E-state index contributed by atoms with van der Waals surface area (Å²) in [5.41, 5.74) is 3.49. The fourth-order valence-corrected chi connectivity index (χ4v) is 3.48. The number of piperazine rings is 1. The Bertz CT molecular complexity index is 827. The third-order valence-electron chi connectivity index (χ3n) is 4.72. The van der Waals surface area contributed by atoms with Crippen molar-refractivity contribution in [3.63, 3.8) is 0 Å². The van der Waals surface area contributed by atoms with E-state index in [1.807, 2.05) is 35.2 Å². The van der Waals surface area contributed by atoms with Gasteiger partial charge in [-0.05, 0) is 17.5 Å². The maximum Gasteiger partial charge on any atom is 0.270 e. The Morgan fingerprint density at radius 2 is 1.83 bits per heavy atom. The zero-order chi connectivity index (χ0) is 16.5. The summed E-state index contributed by atoms with van der Waals surface area (Å²) in [6.07, 6.45) is 2.28. The maximum absolute atomic E-state index is 12.8. The molecule has 0 unspecified atom stereocenters. The van der Waals surface area contributed by atoms with Gasteiger partial charge in [0.1, 0.15) is 5.70 Å². The minimum Gasteiger partial charge on any atom is -0.378 e. The zero-order valence-corrected chi connectivity index (χ0v) is 13.2. The Kier molecular flexibility index (Phi) is 3.65. The van der Waals surface area contributed by atoms with E-state index in [9.17, 15) is 9.59 Å². The number of benzene rings is 2. The van der Waals surface area contributed by atoms with Crippen LogP contribution in [0.15, 0.2) is 66.4 Å². The van der Waals surface area contributed by atoms with Crippen LogP contribution in [0.2, 0.25) is 0 Å². The van der Waals surface area contributed by atoms with Gasteiger partial charge in [0.15, 0.2) is 5.78 Å². The van der Waals surface area contributed by atoms with Gasteiger partial charge in [-0.1, -0.05) is 54.6 Å². The number of nitrogens with zero attached hydrogens (tertiary/aromatic N) is 1. The van der Waals surface area contributed by atoms with E-state index in [4.69, 9.17) is 0 Å². The molecule has 1 saturated heterocycles. The van der Waals surface area contributed by atoms with Crippen LogP contribution in [0.5, 0.6) is 0 Å². The van der Waals surface area contributed by atoms with Crippen LogP contribution in [-0.4, -0.2) is 29.7 Å². The van der Waals surface area contributed by atoms with Gasteiger partial charge in [-0.3, -0.25) is 9.59 Å². The molecule has 0 saturated carbocycles. The molecule has 24 heavy (non-hydrogen) atoms. The van der Waals surface area contributed by atoms with E-state index in [1.165, 1.54) is 17.2 Å². The van der Waals surface area contributed by atoms with Crippen molar-refractivity contribution in [1.29, 1.82) is 0 Å². The maximum atomic E-state index is 12.8. The van der Waals surface area contributed by atoms with Crippen molar-refractivity contribution in [3.8, 4) is 0 Å². The normalized spacial score (nSPS) is 21.0. The molecule has 1 fully saturated rings. The molecule has 0 spiro atoms. The second-order valence-electron chi connectivity index (χ2n) is 6.13. The molecule has 4 rings (SSSR count). The lowest BCUT2D eigenvalue weighted by molar-refractivity contribution is -0.132. The minimum absolute atomic E-state index is 0.0476. The molecular formula is C20H18N2O2. The van der Waals surface area contributed by atoms with Gasteiger partial charge >= 0.3 is 0 Å². The van der Waals surface area contributed by atoms with E-state index in [0.29, 0.717) is 24.4 Å². The summed E-state index contributed by atoms with van der Waals surface area (Å²) >= 11 is 0. The Labute approximate surface area is 140 Å². The summed E-state index contributed by atoms with van der Waals surface area (Å²) in [4.78, 5) is 27.0. The number of ketones is 1. The second-order valence-corrected chi connectivity index (χ2v) is 6.13. The summed E-state index contributed by atoms with van der Waals surface area (Å²) in [6, 6.07) is 17.3. The predicted octanol–water partition coefficient (Wildman–Crippen LogP) is 2.48. The smallest absolute Gasteiger partial charge is 0.270 e. The fraction of sp³-hybridized carbons (Fsp3) is 0.200. The van der Waals surface area contributed by atoms with Gasteiger partial charge in [0, 0.05) is 24.7 Å². The molecule has 2 aromatic carbocycles. The van der Waals surface area contributed by atoms with Crippen LogP contribution in [0.25, 0.3) is 0 Å². The molecule has 1 atom stereocenters. The average molecular weight is 318 g/mol. The Hall–Kier alpha value is -2.88. The summed E-state index contributed by atoms with van der Waals surface area (Å²) in [7, 11) is 0. The number of amides is 1. The molecule has 0 aromatic heterocycles. The first-order chi connectivity index (χ1) is 11.7. The molecule has 0 radical (unpaired) electrons. The van der Waals surface area contributed by atoms with Gasteiger partial charge in [-0.2, -0.15) is 0 Å². The van der Waals surface area contributed by atoms with Gasteiger partial charge in [0.05, 0.1) is 6.04 Å². The summed E-state index contributed by atoms with van der Waals surface area (Å²) in [5.74, 6) is -0.243. The van der Waals surface area contributed by atoms with Crippen molar-refractivity contribution >= 4 is 11.7 Å². The van der Waals surface area contributed by atoms with E-state index in [2.05, 4.69) is 17.4 Å². The molecule has 4 heteroatoms. The topological polar surface area (TPSA) is 49.4 Å². The number of carbonyl (C=O) groups excluding carboxylic acids is 2. The first-order valence-corrected chi connectivity index (χ1v) is 8.18. The Morgan fingerprint density at radius 1 is 1.08 bits per heavy atom. The highest BCUT2D eigenvalue weighted by atomic mass is 16.2. The van der Waals surface area contributed by atoms with Gasteiger partial charge in [0.25, 0.3) is 5.91 Å². The van der Waals surface area contributed by atoms with Crippen LogP contribution < -0.4 is 5.32 Å². The minimum atomic E-state index is -0.151. The van der Waals surface area contributed by atoms with Crippen molar-refractivity contribution in [2.24, 2.45) is 0 Å². The quantitative estimate of drug-likeness (QED) is 0.684. The summed E-state index contributed by atoms with van der Waals surface area (Å²) in [6.45, 7) is 1.33. The van der Waals surface area contributed by atoms with Gasteiger partial charge in [-0.25, -0.2) is 0 Å². The first kappa shape index (κ1) is 14.7. The van der Waals surface area contributed by atoms with Crippen molar-refractivity contribution < 1.29 is 9.59 Å². The number of allylic oxidation sites excluding steroid dienone is 1. The second kappa shape index (κ2) is 5.96. The van der Waals surface area contributed by atoms with E-state index in [1.54, 1.807) is 12.1 Å². The molecule has 2 aliphatic heterocycles. The summed E-state index contributed by atoms with van der Waals surface area (Å²) < 4.78 is 0. The van der Waals surface area contributed by atoms with Crippen LogP contribution in [0, 0.1) is 0 Å². The van der Waals surface area contributed by atoms with Crippen LogP contribution in [-0.2, 0) is 11.2 Å². The molecule has 4 nitrogen and oxygen atoms in total. The number of nitrogens with one attached hydrogen (secondary N) is 1. The third-order valence-corrected chi connectivity index (χ3v) is 4.72.